The van der Waals surface area contributed by atoms with Crippen molar-refractivity contribution < 1.29 is 17.2 Å². The minimum Gasteiger partial charge on any atom is -0.229 e. The highest BCUT2D eigenvalue weighted by molar-refractivity contribution is 7.91. The number of rotatable bonds is 9. The Morgan fingerprint density at radius 2 is 1.43 bits per heavy atom. The first-order valence-corrected chi connectivity index (χ1v) is 9.19. The maximum absolute atomic E-state index is 13.0. The maximum Gasteiger partial charge on any atom is 0.152 e. The van der Waals surface area contributed by atoms with E-state index in [1.165, 1.54) is 12.1 Å². The van der Waals surface area contributed by atoms with Crippen molar-refractivity contribution in [3.05, 3.63) is 35.4 Å². The van der Waals surface area contributed by atoms with Gasteiger partial charge in [-0.1, -0.05) is 19.3 Å². The summed E-state index contributed by atoms with van der Waals surface area (Å²) in [5, 5.41) is -0.305. The van der Waals surface area contributed by atoms with Crippen LogP contribution in [0.3, 0.4) is 0 Å². The highest BCUT2D eigenvalue weighted by atomic mass is 32.2. The molecule has 120 valence electrons. The number of sulfone groups is 1. The molecule has 0 aliphatic heterocycles. The Bertz CT molecular complexity index is 519. The van der Waals surface area contributed by atoms with E-state index in [0.29, 0.717) is 18.4 Å². The van der Waals surface area contributed by atoms with Gasteiger partial charge in [-0.3, -0.25) is 0 Å². The molecule has 0 heterocycles. The van der Waals surface area contributed by atoms with E-state index < -0.39 is 21.5 Å². The second-order valence-corrected chi connectivity index (χ2v) is 8.39. The number of aryl methyl sites for hydroxylation is 1. The Hall–Kier alpha value is -0.970. The smallest absolute Gasteiger partial charge is 0.152 e. The number of hydrogen-bond acceptors (Lipinski definition) is 2. The molecule has 0 aliphatic carbocycles. The summed E-state index contributed by atoms with van der Waals surface area (Å²) < 4.78 is 49.2. The molecule has 2 nitrogen and oxygen atoms in total. The molecule has 1 aromatic carbocycles. The largest absolute Gasteiger partial charge is 0.229 e. The zero-order valence-corrected chi connectivity index (χ0v) is 13.6. The van der Waals surface area contributed by atoms with Gasteiger partial charge in [0, 0.05) is 6.07 Å². The molecule has 0 aliphatic rings. The Balaban J connectivity index is 2.15. The lowest BCUT2D eigenvalue weighted by Crippen LogP contribution is -2.17. The van der Waals surface area contributed by atoms with Gasteiger partial charge in [0.15, 0.2) is 9.84 Å². The van der Waals surface area contributed by atoms with Gasteiger partial charge < -0.3 is 0 Å². The summed E-state index contributed by atoms with van der Waals surface area (Å²) >= 11 is 0. The molecule has 0 bridgehead atoms. The monoisotopic (exact) mass is 318 g/mol. The molecule has 0 unspecified atom stereocenters. The van der Waals surface area contributed by atoms with Crippen LogP contribution in [0.5, 0.6) is 0 Å². The van der Waals surface area contributed by atoms with Crippen LogP contribution in [0.4, 0.5) is 8.78 Å². The number of benzene rings is 1. The van der Waals surface area contributed by atoms with E-state index in [2.05, 4.69) is 0 Å². The van der Waals surface area contributed by atoms with Crippen molar-refractivity contribution >= 4 is 9.84 Å². The van der Waals surface area contributed by atoms with Crippen LogP contribution in [0.25, 0.3) is 0 Å². The Morgan fingerprint density at radius 1 is 0.905 bits per heavy atom. The molecule has 0 spiro atoms. The fraction of sp³-hybridized carbons (Fsp3) is 0.625. The van der Waals surface area contributed by atoms with E-state index >= 15 is 0 Å². The predicted octanol–water partition coefficient (Wildman–Crippen LogP) is 4.28. The van der Waals surface area contributed by atoms with Crippen LogP contribution in [-0.4, -0.2) is 19.4 Å². The Morgan fingerprint density at radius 3 is 2.00 bits per heavy atom. The van der Waals surface area contributed by atoms with Crippen LogP contribution in [-0.2, 0) is 16.3 Å². The van der Waals surface area contributed by atoms with Gasteiger partial charge in [0.1, 0.15) is 11.6 Å². The molecule has 1 aromatic rings. The van der Waals surface area contributed by atoms with Crippen LogP contribution in [0.2, 0.25) is 0 Å². The lowest BCUT2D eigenvalue weighted by Gasteiger charge is -2.07. The van der Waals surface area contributed by atoms with Crippen molar-refractivity contribution in [2.24, 2.45) is 0 Å². The topological polar surface area (TPSA) is 34.1 Å². The Labute approximate surface area is 126 Å². The third-order valence-corrected chi connectivity index (χ3v) is 5.83. The summed E-state index contributed by atoms with van der Waals surface area (Å²) in [6.45, 7) is 3.40. The number of hydrogen-bond donors (Lipinski definition) is 0. The van der Waals surface area contributed by atoms with E-state index in [4.69, 9.17) is 0 Å². The molecule has 0 N–H and O–H groups in total. The van der Waals surface area contributed by atoms with E-state index in [-0.39, 0.29) is 11.0 Å². The molecule has 21 heavy (non-hydrogen) atoms. The fourth-order valence-corrected chi connectivity index (χ4v) is 3.23. The first-order valence-electron chi connectivity index (χ1n) is 7.48. The van der Waals surface area contributed by atoms with Crippen LogP contribution >= 0.6 is 0 Å². The summed E-state index contributed by atoms with van der Waals surface area (Å²) in [5.74, 6) is -0.826. The molecule has 0 radical (unpaired) electrons. The van der Waals surface area contributed by atoms with E-state index in [1.807, 2.05) is 0 Å². The van der Waals surface area contributed by atoms with Gasteiger partial charge in [0.25, 0.3) is 0 Å². The van der Waals surface area contributed by atoms with E-state index in [1.54, 1.807) is 13.8 Å². The minimum atomic E-state index is -2.93. The van der Waals surface area contributed by atoms with Gasteiger partial charge in [-0.05, 0) is 50.8 Å². The molecular weight excluding hydrogens is 294 g/mol. The van der Waals surface area contributed by atoms with Crippen molar-refractivity contribution in [2.45, 2.75) is 57.6 Å². The Kier molecular flexibility index (Phi) is 7.29. The van der Waals surface area contributed by atoms with Crippen LogP contribution in [0.1, 0.15) is 51.5 Å². The van der Waals surface area contributed by atoms with Crippen LogP contribution in [0, 0.1) is 11.6 Å². The van der Waals surface area contributed by atoms with Crippen molar-refractivity contribution in [3.63, 3.8) is 0 Å². The van der Waals surface area contributed by atoms with Crippen molar-refractivity contribution in [1.29, 1.82) is 0 Å². The quantitative estimate of drug-likeness (QED) is 0.637. The SMILES string of the molecule is CC(C)S(=O)(=O)CCCCCCCc1cc(F)cc(F)c1. The highest BCUT2D eigenvalue weighted by Gasteiger charge is 2.14. The van der Waals surface area contributed by atoms with Gasteiger partial charge >= 0.3 is 0 Å². The average Bonchev–Trinajstić information content (AvgIpc) is 2.36. The predicted molar refractivity (Wildman–Crippen MR) is 82.1 cm³/mol. The third-order valence-electron chi connectivity index (χ3n) is 3.53. The molecular formula is C16H24F2O2S. The lowest BCUT2D eigenvalue weighted by molar-refractivity contribution is 0.573. The van der Waals surface area contributed by atoms with Gasteiger partial charge in [-0.2, -0.15) is 0 Å². The van der Waals surface area contributed by atoms with Crippen molar-refractivity contribution in [2.75, 3.05) is 5.75 Å². The first kappa shape index (κ1) is 18.1. The summed E-state index contributed by atoms with van der Waals surface area (Å²) in [5.41, 5.74) is 0.676. The molecule has 0 amide bonds. The molecule has 0 fully saturated rings. The van der Waals surface area contributed by atoms with E-state index in [9.17, 15) is 17.2 Å². The van der Waals surface area contributed by atoms with Crippen LogP contribution < -0.4 is 0 Å². The highest BCUT2D eigenvalue weighted by Crippen LogP contribution is 2.13. The maximum atomic E-state index is 13.0. The van der Waals surface area contributed by atoms with Crippen molar-refractivity contribution in [1.82, 2.24) is 0 Å². The average molecular weight is 318 g/mol. The molecule has 0 aromatic heterocycles. The van der Waals surface area contributed by atoms with E-state index in [0.717, 1.165) is 31.7 Å². The number of unbranched alkanes of at least 4 members (excludes halogenated alkanes) is 4. The second-order valence-electron chi connectivity index (χ2n) is 5.71. The zero-order chi connectivity index (χ0) is 15.9. The van der Waals surface area contributed by atoms with Gasteiger partial charge in [-0.25, -0.2) is 17.2 Å². The van der Waals surface area contributed by atoms with Gasteiger partial charge in [0.2, 0.25) is 0 Å². The van der Waals surface area contributed by atoms with Gasteiger partial charge in [0.05, 0.1) is 11.0 Å². The molecule has 0 saturated carbocycles. The first-order chi connectivity index (χ1) is 9.81. The fourth-order valence-electron chi connectivity index (χ4n) is 2.15. The standard InChI is InChI=1S/C16H24F2O2S/c1-13(2)21(19,20)9-7-5-3-4-6-8-14-10-15(17)12-16(18)11-14/h10-13H,3-9H2,1-2H3. The molecule has 5 heteroatoms. The zero-order valence-electron chi connectivity index (χ0n) is 12.7. The molecule has 1 rings (SSSR count). The summed E-state index contributed by atoms with van der Waals surface area (Å²) in [6.07, 6.45) is 4.97. The molecule has 0 saturated heterocycles. The number of halogens is 2. The lowest BCUT2D eigenvalue weighted by atomic mass is 10.1. The van der Waals surface area contributed by atoms with Gasteiger partial charge in [-0.15, -0.1) is 0 Å². The summed E-state index contributed by atoms with van der Waals surface area (Å²) in [4.78, 5) is 0. The molecule has 0 atom stereocenters. The minimum absolute atomic E-state index is 0.250. The summed E-state index contributed by atoms with van der Waals surface area (Å²) in [6, 6.07) is 3.59. The normalized spacial score (nSPS) is 12.0. The van der Waals surface area contributed by atoms with Crippen LogP contribution in [0.15, 0.2) is 18.2 Å². The third kappa shape index (κ3) is 7.02. The van der Waals surface area contributed by atoms with Crippen molar-refractivity contribution in [3.8, 4) is 0 Å². The second kappa shape index (κ2) is 8.47. The summed E-state index contributed by atoms with van der Waals surface area (Å²) in [7, 11) is -2.93.